The van der Waals surface area contributed by atoms with Gasteiger partial charge in [0, 0.05) is 7.11 Å². The summed E-state index contributed by atoms with van der Waals surface area (Å²) in [5.74, 6) is -0.993. The molecule has 2 aliphatic rings. The molecule has 74 valence electrons. The first-order chi connectivity index (χ1) is 6.15. The molecule has 5 atom stereocenters. The molecule has 0 spiro atoms. The highest BCUT2D eigenvalue weighted by molar-refractivity contribution is 5.73. The molecule has 0 aromatic carbocycles. The summed E-state index contributed by atoms with van der Waals surface area (Å²) in [6.07, 6.45) is -1.62. The van der Waals surface area contributed by atoms with Crippen LogP contribution < -0.4 is 0 Å². The average molecular weight is 188 g/mol. The number of methoxy groups -OCH3 is 1. The molecule has 5 heteroatoms. The van der Waals surface area contributed by atoms with E-state index in [-0.39, 0.29) is 18.3 Å². The van der Waals surface area contributed by atoms with Crippen LogP contribution in [0.3, 0.4) is 0 Å². The Kier molecular flexibility index (Phi) is 2.02. The van der Waals surface area contributed by atoms with Crippen LogP contribution in [0.25, 0.3) is 0 Å². The minimum atomic E-state index is -0.993. The van der Waals surface area contributed by atoms with Gasteiger partial charge in [0.25, 0.3) is 0 Å². The van der Waals surface area contributed by atoms with Gasteiger partial charge in [0.2, 0.25) is 0 Å². The summed E-state index contributed by atoms with van der Waals surface area (Å²) < 4.78 is 15.6. The van der Waals surface area contributed by atoms with Crippen molar-refractivity contribution in [3.05, 3.63) is 0 Å². The lowest BCUT2D eigenvalue weighted by Gasteiger charge is -2.28. The standard InChI is InChI=1S/C8H12O5/c1-3-4-6(13-4)5(11-2)7(12-3)8(9)10/h3-7H,1-2H3,(H,9,10). The summed E-state index contributed by atoms with van der Waals surface area (Å²) in [6, 6.07) is 0. The molecule has 2 fully saturated rings. The van der Waals surface area contributed by atoms with Crippen molar-refractivity contribution in [3.63, 3.8) is 0 Å². The number of fused-ring (bicyclic) bond motifs is 1. The molecule has 2 saturated heterocycles. The molecule has 0 aliphatic carbocycles. The van der Waals surface area contributed by atoms with Crippen molar-refractivity contribution >= 4 is 5.97 Å². The van der Waals surface area contributed by atoms with Gasteiger partial charge in [-0.1, -0.05) is 0 Å². The molecule has 0 amide bonds. The maximum Gasteiger partial charge on any atom is 0.335 e. The first kappa shape index (κ1) is 8.93. The Hall–Kier alpha value is -0.650. The van der Waals surface area contributed by atoms with E-state index in [1.54, 1.807) is 0 Å². The summed E-state index contributed by atoms with van der Waals surface area (Å²) in [5, 5.41) is 8.83. The zero-order valence-electron chi connectivity index (χ0n) is 7.47. The minimum absolute atomic E-state index is 0.0144. The molecule has 2 heterocycles. The van der Waals surface area contributed by atoms with Crippen LogP contribution in [0.1, 0.15) is 6.92 Å². The average Bonchev–Trinajstić information content (AvgIpc) is 2.83. The van der Waals surface area contributed by atoms with Gasteiger partial charge in [0.15, 0.2) is 6.10 Å². The molecule has 0 bridgehead atoms. The van der Waals surface area contributed by atoms with E-state index in [2.05, 4.69) is 0 Å². The molecule has 0 aromatic heterocycles. The van der Waals surface area contributed by atoms with Gasteiger partial charge in [0.1, 0.15) is 18.3 Å². The molecule has 5 nitrogen and oxygen atoms in total. The Morgan fingerprint density at radius 3 is 2.62 bits per heavy atom. The summed E-state index contributed by atoms with van der Waals surface area (Å²) in [7, 11) is 1.47. The van der Waals surface area contributed by atoms with Crippen molar-refractivity contribution in [3.8, 4) is 0 Å². The third kappa shape index (κ3) is 1.33. The van der Waals surface area contributed by atoms with Crippen LogP contribution >= 0.6 is 0 Å². The van der Waals surface area contributed by atoms with Gasteiger partial charge in [-0.25, -0.2) is 4.79 Å². The molecular formula is C8H12O5. The number of carbonyl (C=O) groups is 1. The lowest BCUT2D eigenvalue weighted by Crippen LogP contribution is -2.49. The topological polar surface area (TPSA) is 68.3 Å². The summed E-state index contributed by atoms with van der Waals surface area (Å²) >= 11 is 0. The first-order valence-electron chi connectivity index (χ1n) is 4.21. The monoisotopic (exact) mass is 188 g/mol. The van der Waals surface area contributed by atoms with Crippen LogP contribution in [0.15, 0.2) is 0 Å². The van der Waals surface area contributed by atoms with E-state index in [1.807, 2.05) is 6.92 Å². The summed E-state index contributed by atoms with van der Waals surface area (Å²) in [5.41, 5.74) is 0. The van der Waals surface area contributed by atoms with Crippen LogP contribution in [0.4, 0.5) is 0 Å². The Labute approximate surface area is 75.6 Å². The molecule has 2 aliphatic heterocycles. The van der Waals surface area contributed by atoms with E-state index in [4.69, 9.17) is 19.3 Å². The van der Waals surface area contributed by atoms with Crippen molar-refractivity contribution in [1.82, 2.24) is 0 Å². The quantitative estimate of drug-likeness (QED) is 0.599. The summed E-state index contributed by atoms with van der Waals surface area (Å²) in [4.78, 5) is 10.8. The lowest BCUT2D eigenvalue weighted by molar-refractivity contribution is -0.170. The first-order valence-corrected chi connectivity index (χ1v) is 4.21. The molecule has 0 saturated carbocycles. The van der Waals surface area contributed by atoms with Gasteiger partial charge in [-0.05, 0) is 6.92 Å². The van der Waals surface area contributed by atoms with E-state index in [9.17, 15) is 4.79 Å². The number of rotatable bonds is 2. The lowest BCUT2D eigenvalue weighted by atomic mass is 10.0. The van der Waals surface area contributed by atoms with Gasteiger partial charge < -0.3 is 19.3 Å². The SMILES string of the molecule is COC1C(C(=O)O)OC(C)C2OC21. The van der Waals surface area contributed by atoms with Gasteiger partial charge in [-0.15, -0.1) is 0 Å². The summed E-state index contributed by atoms with van der Waals surface area (Å²) in [6.45, 7) is 1.81. The van der Waals surface area contributed by atoms with Crippen LogP contribution in [0.2, 0.25) is 0 Å². The molecule has 1 N–H and O–H groups in total. The van der Waals surface area contributed by atoms with E-state index in [1.165, 1.54) is 7.11 Å². The Balaban J connectivity index is 2.11. The number of aliphatic carboxylic acids is 1. The second-order valence-corrected chi connectivity index (χ2v) is 3.37. The van der Waals surface area contributed by atoms with Crippen LogP contribution in [-0.4, -0.2) is 48.7 Å². The van der Waals surface area contributed by atoms with E-state index in [0.29, 0.717) is 0 Å². The second-order valence-electron chi connectivity index (χ2n) is 3.37. The van der Waals surface area contributed by atoms with Crippen LogP contribution in [0.5, 0.6) is 0 Å². The van der Waals surface area contributed by atoms with E-state index < -0.39 is 18.2 Å². The molecule has 5 unspecified atom stereocenters. The smallest absolute Gasteiger partial charge is 0.335 e. The molecule has 2 rings (SSSR count). The van der Waals surface area contributed by atoms with Gasteiger partial charge in [-0.3, -0.25) is 0 Å². The van der Waals surface area contributed by atoms with Crippen molar-refractivity contribution in [1.29, 1.82) is 0 Å². The van der Waals surface area contributed by atoms with Gasteiger partial charge in [-0.2, -0.15) is 0 Å². The van der Waals surface area contributed by atoms with Crippen molar-refractivity contribution in [2.24, 2.45) is 0 Å². The maximum atomic E-state index is 10.8. The predicted octanol–water partition coefficient (Wildman–Crippen LogP) is -0.359. The second kappa shape index (κ2) is 2.94. The number of carboxylic acid groups (broad SMARTS) is 1. The van der Waals surface area contributed by atoms with Crippen LogP contribution in [-0.2, 0) is 19.0 Å². The molecule has 13 heavy (non-hydrogen) atoms. The fraction of sp³-hybridized carbons (Fsp3) is 0.875. The predicted molar refractivity (Wildman–Crippen MR) is 41.4 cm³/mol. The zero-order chi connectivity index (χ0) is 9.59. The highest BCUT2D eigenvalue weighted by Crippen LogP contribution is 2.38. The number of carboxylic acids is 1. The molecule has 0 radical (unpaired) electrons. The molecular weight excluding hydrogens is 176 g/mol. The van der Waals surface area contributed by atoms with Gasteiger partial charge >= 0.3 is 5.97 Å². The Morgan fingerprint density at radius 2 is 2.08 bits per heavy atom. The third-order valence-corrected chi connectivity index (χ3v) is 2.52. The fourth-order valence-electron chi connectivity index (χ4n) is 1.79. The fourth-order valence-corrected chi connectivity index (χ4v) is 1.79. The highest BCUT2D eigenvalue weighted by Gasteiger charge is 2.58. The normalized spacial score (nSPS) is 48.3. The Morgan fingerprint density at radius 1 is 1.38 bits per heavy atom. The third-order valence-electron chi connectivity index (χ3n) is 2.52. The maximum absolute atomic E-state index is 10.8. The number of ether oxygens (including phenoxy) is 3. The highest BCUT2D eigenvalue weighted by atomic mass is 16.7. The van der Waals surface area contributed by atoms with E-state index >= 15 is 0 Å². The number of hydrogen-bond acceptors (Lipinski definition) is 4. The molecule has 0 aromatic rings. The van der Waals surface area contributed by atoms with E-state index in [0.717, 1.165) is 0 Å². The van der Waals surface area contributed by atoms with Crippen LogP contribution in [0, 0.1) is 0 Å². The van der Waals surface area contributed by atoms with Crippen molar-refractivity contribution in [2.45, 2.75) is 37.4 Å². The number of hydrogen-bond donors (Lipinski definition) is 1. The Bertz CT molecular complexity index is 229. The van der Waals surface area contributed by atoms with Crippen molar-refractivity contribution in [2.75, 3.05) is 7.11 Å². The van der Waals surface area contributed by atoms with Gasteiger partial charge in [0.05, 0.1) is 6.10 Å². The largest absolute Gasteiger partial charge is 0.479 e. The number of epoxide rings is 1. The van der Waals surface area contributed by atoms with Crippen molar-refractivity contribution < 1.29 is 24.1 Å². The minimum Gasteiger partial charge on any atom is -0.479 e. The zero-order valence-corrected chi connectivity index (χ0v) is 7.47.